The number of hydrogen-bond donors (Lipinski definition) is 1. The van der Waals surface area contributed by atoms with Crippen LogP contribution in [0.15, 0.2) is 35.6 Å². The van der Waals surface area contributed by atoms with Gasteiger partial charge in [0.2, 0.25) is 5.78 Å². The summed E-state index contributed by atoms with van der Waals surface area (Å²) in [6.07, 6.45) is 0. The summed E-state index contributed by atoms with van der Waals surface area (Å²) in [5, 5.41) is 11.3. The van der Waals surface area contributed by atoms with E-state index >= 15 is 0 Å². The van der Waals surface area contributed by atoms with Gasteiger partial charge in [-0.05, 0) is 45.6 Å². The van der Waals surface area contributed by atoms with Crippen molar-refractivity contribution >= 4 is 23.0 Å². The molecule has 0 saturated carbocycles. The Bertz CT molecular complexity index is 967. The van der Waals surface area contributed by atoms with E-state index in [9.17, 15) is 19.1 Å². The lowest BCUT2D eigenvalue weighted by atomic mass is 9.95. The van der Waals surface area contributed by atoms with E-state index in [1.165, 1.54) is 34.4 Å². The second kappa shape index (κ2) is 7.81. The standard InChI is InChI=1S/C20H22FN3O3S/c1-11-19(28-12(2)22-11)17(25)15-16(13-6-5-7-14(21)10-13)24(9-8-23(3)4)20(27)18(15)26/h5-7,10,16,26H,8-9H2,1-4H3/t16-/m0/s1. The van der Waals surface area contributed by atoms with E-state index in [-0.39, 0.29) is 12.1 Å². The predicted molar refractivity (Wildman–Crippen MR) is 105 cm³/mol. The summed E-state index contributed by atoms with van der Waals surface area (Å²) in [6, 6.07) is 4.92. The van der Waals surface area contributed by atoms with E-state index in [1.807, 2.05) is 19.0 Å². The molecule has 1 atom stereocenters. The van der Waals surface area contributed by atoms with Crippen LogP contribution < -0.4 is 0 Å². The number of benzene rings is 1. The predicted octanol–water partition coefficient (Wildman–Crippen LogP) is 3.04. The number of aromatic nitrogens is 1. The highest BCUT2D eigenvalue weighted by atomic mass is 32.1. The van der Waals surface area contributed by atoms with Crippen LogP contribution in [0.4, 0.5) is 4.39 Å². The van der Waals surface area contributed by atoms with Gasteiger partial charge in [-0.1, -0.05) is 12.1 Å². The molecule has 1 amide bonds. The van der Waals surface area contributed by atoms with E-state index < -0.39 is 29.3 Å². The van der Waals surface area contributed by atoms with Crippen LogP contribution in [0.1, 0.15) is 32.0 Å². The van der Waals surface area contributed by atoms with Crippen molar-refractivity contribution in [3.8, 4) is 0 Å². The van der Waals surface area contributed by atoms with Gasteiger partial charge in [-0.3, -0.25) is 9.59 Å². The average molecular weight is 403 g/mol. The number of Topliss-reactive ketones (excluding diaryl/α,β-unsaturated/α-hetero) is 1. The van der Waals surface area contributed by atoms with E-state index in [1.54, 1.807) is 19.9 Å². The first kappa shape index (κ1) is 20.2. The molecule has 1 aliphatic heterocycles. The number of aliphatic hydroxyl groups is 1. The maximum absolute atomic E-state index is 13.9. The number of carbonyl (C=O) groups is 2. The molecule has 3 rings (SSSR count). The fourth-order valence-electron chi connectivity index (χ4n) is 3.31. The lowest BCUT2D eigenvalue weighted by molar-refractivity contribution is -0.129. The molecule has 1 aromatic carbocycles. The summed E-state index contributed by atoms with van der Waals surface area (Å²) in [5.41, 5.74) is 0.962. The minimum Gasteiger partial charge on any atom is -0.503 e. The molecule has 0 spiro atoms. The van der Waals surface area contributed by atoms with Crippen molar-refractivity contribution in [1.29, 1.82) is 0 Å². The molecule has 0 aliphatic carbocycles. The highest BCUT2D eigenvalue weighted by molar-refractivity contribution is 7.14. The lowest BCUT2D eigenvalue weighted by Crippen LogP contribution is -2.36. The molecule has 0 bridgehead atoms. The summed E-state index contributed by atoms with van der Waals surface area (Å²) in [5.74, 6) is -2.13. The Morgan fingerprint density at radius 1 is 1.36 bits per heavy atom. The number of aryl methyl sites for hydroxylation is 2. The highest BCUT2D eigenvalue weighted by Gasteiger charge is 2.44. The second-order valence-electron chi connectivity index (χ2n) is 7.00. The summed E-state index contributed by atoms with van der Waals surface area (Å²) in [6.45, 7) is 4.32. The third-order valence-corrected chi connectivity index (χ3v) is 5.68. The smallest absolute Gasteiger partial charge is 0.290 e. The van der Waals surface area contributed by atoms with Crippen LogP contribution in [-0.4, -0.2) is 58.8 Å². The molecular weight excluding hydrogens is 381 g/mol. The summed E-state index contributed by atoms with van der Waals surface area (Å²) in [7, 11) is 3.72. The number of hydrogen-bond acceptors (Lipinski definition) is 6. The first-order chi connectivity index (χ1) is 13.2. The second-order valence-corrected chi connectivity index (χ2v) is 8.20. The lowest BCUT2D eigenvalue weighted by Gasteiger charge is -2.28. The number of halogens is 1. The molecule has 1 aromatic heterocycles. The SMILES string of the molecule is Cc1nc(C)c(C(=O)C2=C(O)C(=O)N(CCN(C)C)[C@H]2c2cccc(F)c2)s1. The van der Waals surface area contributed by atoms with Crippen molar-refractivity contribution in [3.63, 3.8) is 0 Å². The maximum atomic E-state index is 13.9. The van der Waals surface area contributed by atoms with Gasteiger partial charge in [0.25, 0.3) is 5.91 Å². The number of rotatable bonds is 6. The molecule has 0 fully saturated rings. The van der Waals surface area contributed by atoms with Crippen molar-refractivity contribution in [3.05, 3.63) is 62.6 Å². The molecule has 148 valence electrons. The van der Waals surface area contributed by atoms with Gasteiger partial charge >= 0.3 is 0 Å². The average Bonchev–Trinajstić information content (AvgIpc) is 3.09. The van der Waals surface area contributed by atoms with E-state index in [4.69, 9.17) is 0 Å². The van der Waals surface area contributed by atoms with E-state index in [0.717, 1.165) is 5.01 Å². The van der Waals surface area contributed by atoms with Crippen LogP contribution in [0.5, 0.6) is 0 Å². The van der Waals surface area contributed by atoms with Crippen LogP contribution in [0.25, 0.3) is 0 Å². The van der Waals surface area contributed by atoms with Crippen LogP contribution in [-0.2, 0) is 4.79 Å². The van der Waals surface area contributed by atoms with Gasteiger partial charge in [0.15, 0.2) is 5.76 Å². The molecule has 0 radical (unpaired) electrons. The van der Waals surface area contributed by atoms with E-state index in [2.05, 4.69) is 4.98 Å². The number of thiazole rings is 1. The Labute approximate surface area is 166 Å². The third-order valence-electron chi connectivity index (χ3n) is 4.61. The Hall–Kier alpha value is -2.58. The van der Waals surface area contributed by atoms with Crippen molar-refractivity contribution in [2.45, 2.75) is 19.9 Å². The minimum absolute atomic E-state index is 0.0268. The third kappa shape index (κ3) is 3.70. The Kier molecular flexibility index (Phi) is 5.62. The molecule has 2 aromatic rings. The first-order valence-electron chi connectivity index (χ1n) is 8.83. The van der Waals surface area contributed by atoms with Crippen molar-refractivity contribution in [2.75, 3.05) is 27.2 Å². The monoisotopic (exact) mass is 403 g/mol. The maximum Gasteiger partial charge on any atom is 0.290 e. The van der Waals surface area contributed by atoms with Gasteiger partial charge in [0.1, 0.15) is 5.82 Å². The Balaban J connectivity index is 2.10. The van der Waals surface area contributed by atoms with Crippen molar-refractivity contribution in [2.24, 2.45) is 0 Å². The van der Waals surface area contributed by atoms with Crippen molar-refractivity contribution in [1.82, 2.24) is 14.8 Å². The van der Waals surface area contributed by atoms with Crippen LogP contribution in [0.3, 0.4) is 0 Å². The first-order valence-corrected chi connectivity index (χ1v) is 9.65. The zero-order chi connectivity index (χ0) is 20.6. The van der Waals surface area contributed by atoms with Crippen LogP contribution in [0.2, 0.25) is 0 Å². The number of amides is 1. The minimum atomic E-state index is -0.850. The van der Waals surface area contributed by atoms with Crippen molar-refractivity contribution < 1.29 is 19.1 Å². The molecule has 28 heavy (non-hydrogen) atoms. The van der Waals surface area contributed by atoms with Gasteiger partial charge in [-0.15, -0.1) is 11.3 Å². The molecule has 6 nitrogen and oxygen atoms in total. The summed E-state index contributed by atoms with van der Waals surface area (Å²) in [4.78, 5) is 34.0. The Morgan fingerprint density at radius 3 is 2.64 bits per heavy atom. The largest absolute Gasteiger partial charge is 0.503 e. The molecule has 1 aliphatic rings. The van der Waals surface area contributed by atoms with Gasteiger partial charge in [-0.2, -0.15) is 0 Å². The summed E-state index contributed by atoms with van der Waals surface area (Å²) >= 11 is 1.21. The summed E-state index contributed by atoms with van der Waals surface area (Å²) < 4.78 is 13.9. The van der Waals surface area contributed by atoms with Gasteiger partial charge in [0.05, 0.1) is 27.2 Å². The Morgan fingerprint density at radius 2 is 2.07 bits per heavy atom. The zero-order valence-electron chi connectivity index (χ0n) is 16.2. The number of aliphatic hydroxyl groups excluding tert-OH is 1. The number of carbonyl (C=O) groups excluding carboxylic acids is 2. The number of nitrogens with zero attached hydrogens (tertiary/aromatic N) is 3. The molecule has 0 unspecified atom stereocenters. The van der Waals surface area contributed by atoms with E-state index in [0.29, 0.717) is 22.7 Å². The molecule has 8 heteroatoms. The van der Waals surface area contributed by atoms with Crippen LogP contribution >= 0.6 is 11.3 Å². The zero-order valence-corrected chi connectivity index (χ0v) is 17.0. The van der Waals surface area contributed by atoms with Gasteiger partial charge in [0, 0.05) is 13.1 Å². The topological polar surface area (TPSA) is 73.7 Å². The van der Waals surface area contributed by atoms with Gasteiger partial charge in [-0.25, -0.2) is 9.37 Å². The quantitative estimate of drug-likeness (QED) is 0.751. The molecule has 1 N–H and O–H groups in total. The fraction of sp³-hybridized carbons (Fsp3) is 0.350. The molecular formula is C20H22FN3O3S. The highest BCUT2D eigenvalue weighted by Crippen LogP contribution is 2.40. The fourth-order valence-corrected chi connectivity index (χ4v) is 4.19. The number of ketones is 1. The molecule has 2 heterocycles. The normalized spacial score (nSPS) is 17.1. The molecule has 0 saturated heterocycles. The number of likely N-dealkylation sites (N-methyl/N-ethyl adjacent to an activating group) is 1. The van der Waals surface area contributed by atoms with Gasteiger partial charge < -0.3 is 14.9 Å². The van der Waals surface area contributed by atoms with Crippen LogP contribution in [0, 0.1) is 19.7 Å².